The summed E-state index contributed by atoms with van der Waals surface area (Å²) >= 11 is 1.11. The van der Waals surface area contributed by atoms with E-state index in [1.807, 2.05) is 30.3 Å². The lowest BCUT2D eigenvalue weighted by Crippen LogP contribution is -2.41. The average Bonchev–Trinajstić information content (AvgIpc) is 3.32. The number of para-hydroxylation sites is 2. The van der Waals surface area contributed by atoms with Crippen molar-refractivity contribution in [2.45, 2.75) is 17.1 Å². The van der Waals surface area contributed by atoms with Crippen LogP contribution in [-0.2, 0) is 21.2 Å². The zero-order chi connectivity index (χ0) is 21.4. The van der Waals surface area contributed by atoms with Gasteiger partial charge in [-0.3, -0.25) is 9.10 Å². The number of methoxy groups -OCH3 is 1. The third-order valence-corrected chi connectivity index (χ3v) is 7.62. The van der Waals surface area contributed by atoms with Crippen LogP contribution in [-0.4, -0.2) is 34.5 Å². The lowest BCUT2D eigenvalue weighted by molar-refractivity contribution is -0.119. The van der Waals surface area contributed by atoms with Gasteiger partial charge in [0.1, 0.15) is 16.5 Å². The number of carbonyl (C=O) groups excluding carboxylic acids is 1. The fraction of sp³-hybridized carbons (Fsp3) is 0.227. The van der Waals surface area contributed by atoms with E-state index in [1.165, 1.54) is 18.7 Å². The van der Waals surface area contributed by atoms with E-state index in [4.69, 9.17) is 4.74 Å². The van der Waals surface area contributed by atoms with E-state index in [-0.39, 0.29) is 16.7 Å². The molecule has 0 aliphatic carbocycles. The van der Waals surface area contributed by atoms with Gasteiger partial charge in [-0.05, 0) is 42.0 Å². The average molecular weight is 445 g/mol. The topological polar surface area (TPSA) is 75.7 Å². The molecular formula is C22H24N2O4S2. The normalized spacial score (nSPS) is 11.1. The number of carbonyl (C=O) groups is 1. The summed E-state index contributed by atoms with van der Waals surface area (Å²) in [7, 11) is -2.43. The van der Waals surface area contributed by atoms with Crippen molar-refractivity contribution in [3.63, 3.8) is 0 Å². The number of hydrogen-bond donors (Lipinski definition) is 1. The number of ether oxygens (including phenoxy) is 1. The SMILES string of the molecule is COc1ccccc1N(CC(=O)NCCCc1ccccc1)S(=O)(=O)c1cccs1. The Balaban J connectivity index is 1.72. The molecule has 0 radical (unpaired) electrons. The minimum Gasteiger partial charge on any atom is -0.495 e. The molecule has 1 heterocycles. The van der Waals surface area contributed by atoms with E-state index in [0.717, 1.165) is 28.5 Å². The second-order valence-corrected chi connectivity index (χ2v) is 9.59. The van der Waals surface area contributed by atoms with Gasteiger partial charge < -0.3 is 10.1 Å². The van der Waals surface area contributed by atoms with Gasteiger partial charge in [0.05, 0.1) is 12.8 Å². The smallest absolute Gasteiger partial charge is 0.274 e. The number of aryl methyl sites for hydroxylation is 1. The highest BCUT2D eigenvalue weighted by Gasteiger charge is 2.29. The van der Waals surface area contributed by atoms with Crippen LogP contribution in [0.5, 0.6) is 5.75 Å². The van der Waals surface area contributed by atoms with Gasteiger partial charge in [-0.15, -0.1) is 11.3 Å². The number of rotatable bonds is 10. The van der Waals surface area contributed by atoms with E-state index in [2.05, 4.69) is 5.32 Å². The van der Waals surface area contributed by atoms with Crippen LogP contribution in [0.25, 0.3) is 0 Å². The molecule has 6 nitrogen and oxygen atoms in total. The maximum absolute atomic E-state index is 13.2. The highest BCUT2D eigenvalue weighted by molar-refractivity contribution is 7.94. The lowest BCUT2D eigenvalue weighted by atomic mass is 10.1. The molecule has 0 atom stereocenters. The first-order valence-electron chi connectivity index (χ1n) is 9.52. The highest BCUT2D eigenvalue weighted by Crippen LogP contribution is 2.33. The molecule has 0 fully saturated rings. The van der Waals surface area contributed by atoms with Gasteiger partial charge >= 0.3 is 0 Å². The first-order chi connectivity index (χ1) is 14.5. The van der Waals surface area contributed by atoms with Gasteiger partial charge in [0.25, 0.3) is 10.0 Å². The standard InChI is InChI=1S/C22H24N2O4S2/c1-28-20-13-6-5-12-19(20)24(30(26,27)22-14-8-16-29-22)17-21(25)23-15-7-11-18-9-3-2-4-10-18/h2-6,8-10,12-14,16H,7,11,15,17H2,1H3,(H,23,25). The van der Waals surface area contributed by atoms with Crippen molar-refractivity contribution in [2.24, 2.45) is 0 Å². The predicted molar refractivity (Wildman–Crippen MR) is 120 cm³/mol. The maximum atomic E-state index is 13.2. The Labute approximate surface area is 181 Å². The second kappa shape index (κ2) is 10.3. The number of sulfonamides is 1. The Morgan fingerprint density at radius 1 is 1.03 bits per heavy atom. The van der Waals surface area contributed by atoms with Crippen LogP contribution in [0.1, 0.15) is 12.0 Å². The van der Waals surface area contributed by atoms with Crippen LogP contribution in [0.2, 0.25) is 0 Å². The first kappa shape index (κ1) is 21.9. The lowest BCUT2D eigenvalue weighted by Gasteiger charge is -2.24. The van der Waals surface area contributed by atoms with Crippen molar-refractivity contribution < 1.29 is 17.9 Å². The molecule has 158 valence electrons. The second-order valence-electron chi connectivity index (χ2n) is 6.55. The van der Waals surface area contributed by atoms with Gasteiger partial charge in [0.15, 0.2) is 0 Å². The van der Waals surface area contributed by atoms with Gasteiger partial charge in [-0.1, -0.05) is 48.5 Å². The first-order valence-corrected chi connectivity index (χ1v) is 11.8. The number of benzene rings is 2. The molecule has 0 aliphatic heterocycles. The molecule has 0 aliphatic rings. The van der Waals surface area contributed by atoms with Crippen LogP contribution >= 0.6 is 11.3 Å². The van der Waals surface area contributed by atoms with E-state index in [9.17, 15) is 13.2 Å². The number of nitrogens with zero attached hydrogens (tertiary/aromatic N) is 1. The molecule has 0 spiro atoms. The van der Waals surface area contributed by atoms with Crippen LogP contribution in [0, 0.1) is 0 Å². The summed E-state index contributed by atoms with van der Waals surface area (Å²) in [5.74, 6) is 0.0172. The number of nitrogens with one attached hydrogen (secondary N) is 1. The van der Waals surface area contributed by atoms with Gasteiger partial charge in [-0.2, -0.15) is 0 Å². The van der Waals surface area contributed by atoms with Crippen LogP contribution in [0.3, 0.4) is 0 Å². The molecule has 3 rings (SSSR count). The highest BCUT2D eigenvalue weighted by atomic mass is 32.2. The van der Waals surface area contributed by atoms with Crippen molar-refractivity contribution in [1.82, 2.24) is 5.32 Å². The number of anilines is 1. The Bertz CT molecular complexity index is 1050. The molecule has 1 aromatic heterocycles. The Hall–Kier alpha value is -2.84. The minimum absolute atomic E-state index is 0.172. The molecule has 3 aromatic rings. The molecule has 0 saturated heterocycles. The molecule has 8 heteroatoms. The summed E-state index contributed by atoms with van der Waals surface area (Å²) in [5, 5.41) is 4.52. The zero-order valence-electron chi connectivity index (χ0n) is 16.7. The Morgan fingerprint density at radius 3 is 2.47 bits per heavy atom. The Morgan fingerprint density at radius 2 is 1.77 bits per heavy atom. The third kappa shape index (κ3) is 5.40. The van der Waals surface area contributed by atoms with Crippen molar-refractivity contribution in [1.29, 1.82) is 0 Å². The molecule has 0 unspecified atom stereocenters. The minimum atomic E-state index is -3.90. The summed E-state index contributed by atoms with van der Waals surface area (Å²) in [5.41, 5.74) is 1.52. The monoisotopic (exact) mass is 444 g/mol. The van der Waals surface area contributed by atoms with E-state index >= 15 is 0 Å². The fourth-order valence-corrected chi connectivity index (χ4v) is 5.54. The van der Waals surface area contributed by atoms with Gasteiger partial charge in [0, 0.05) is 6.54 Å². The Kier molecular flexibility index (Phi) is 7.48. The molecule has 1 N–H and O–H groups in total. The zero-order valence-corrected chi connectivity index (χ0v) is 18.3. The summed E-state index contributed by atoms with van der Waals surface area (Å²) in [4.78, 5) is 12.6. The van der Waals surface area contributed by atoms with E-state index < -0.39 is 10.0 Å². The van der Waals surface area contributed by atoms with Gasteiger partial charge in [0.2, 0.25) is 5.91 Å². The van der Waals surface area contributed by atoms with E-state index in [1.54, 1.807) is 35.7 Å². The largest absolute Gasteiger partial charge is 0.495 e. The quantitative estimate of drug-likeness (QED) is 0.484. The number of amides is 1. The summed E-state index contributed by atoms with van der Waals surface area (Å²) < 4.78 is 33.0. The summed E-state index contributed by atoms with van der Waals surface area (Å²) in [6.45, 7) is 0.137. The van der Waals surface area contributed by atoms with Crippen molar-refractivity contribution in [3.8, 4) is 5.75 Å². The molecule has 30 heavy (non-hydrogen) atoms. The number of thiophene rings is 1. The molecule has 0 saturated carbocycles. The van der Waals surface area contributed by atoms with E-state index in [0.29, 0.717) is 18.0 Å². The predicted octanol–water partition coefficient (Wildman–Crippen LogP) is 3.70. The van der Waals surface area contributed by atoms with Crippen molar-refractivity contribution >= 4 is 33.0 Å². The molecule has 0 bridgehead atoms. The summed E-state index contributed by atoms with van der Waals surface area (Å²) in [6.07, 6.45) is 1.60. The van der Waals surface area contributed by atoms with Crippen molar-refractivity contribution in [2.75, 3.05) is 24.5 Å². The molecular weight excluding hydrogens is 420 g/mol. The van der Waals surface area contributed by atoms with Gasteiger partial charge in [-0.25, -0.2) is 8.42 Å². The molecule has 1 amide bonds. The molecule has 2 aromatic carbocycles. The van der Waals surface area contributed by atoms with Crippen LogP contribution in [0.4, 0.5) is 5.69 Å². The van der Waals surface area contributed by atoms with Crippen LogP contribution < -0.4 is 14.4 Å². The fourth-order valence-electron chi connectivity index (χ4n) is 3.01. The third-order valence-electron chi connectivity index (χ3n) is 4.49. The van der Waals surface area contributed by atoms with Crippen LogP contribution in [0.15, 0.2) is 76.3 Å². The number of hydrogen-bond acceptors (Lipinski definition) is 5. The van der Waals surface area contributed by atoms with Crippen molar-refractivity contribution in [3.05, 3.63) is 77.7 Å². The summed E-state index contributed by atoms with van der Waals surface area (Å²) in [6, 6.07) is 20.0. The maximum Gasteiger partial charge on any atom is 0.274 e.